The maximum absolute atomic E-state index is 13.6. The summed E-state index contributed by atoms with van der Waals surface area (Å²) in [5.41, 5.74) is 3.78. The molecule has 2 fully saturated rings. The van der Waals surface area contributed by atoms with Crippen molar-refractivity contribution in [1.82, 2.24) is 9.80 Å². The highest BCUT2D eigenvalue weighted by Gasteiger charge is 2.38. The van der Waals surface area contributed by atoms with Crippen molar-refractivity contribution in [3.63, 3.8) is 0 Å². The predicted molar refractivity (Wildman–Crippen MR) is 171 cm³/mol. The fourth-order valence-corrected chi connectivity index (χ4v) is 7.00. The number of carbonyl (C=O) groups excluding carboxylic acids is 3. The Kier molecular flexibility index (Phi) is 9.25. The number of hydrogen-bond acceptors (Lipinski definition) is 6. The van der Waals surface area contributed by atoms with Crippen LogP contribution in [-0.2, 0) is 16.1 Å². The molecule has 0 aromatic heterocycles. The number of hydrogen-bond donors (Lipinski definition) is 2. The number of carbonyl (C=O) groups is 3. The van der Waals surface area contributed by atoms with E-state index < -0.39 is 5.60 Å². The monoisotopic (exact) mass is 654 g/mol. The van der Waals surface area contributed by atoms with Crippen LogP contribution >= 0.6 is 15.9 Å². The second-order valence-corrected chi connectivity index (χ2v) is 13.8. The first-order valence-electron chi connectivity index (χ1n) is 15.3. The van der Waals surface area contributed by atoms with Gasteiger partial charge in [0.25, 0.3) is 5.91 Å². The second kappa shape index (κ2) is 12.8. The van der Waals surface area contributed by atoms with Gasteiger partial charge in [0.15, 0.2) is 0 Å². The van der Waals surface area contributed by atoms with Crippen LogP contribution in [0.2, 0.25) is 0 Å². The van der Waals surface area contributed by atoms with E-state index in [1.807, 2.05) is 67.8 Å². The summed E-state index contributed by atoms with van der Waals surface area (Å²) in [6.45, 7) is 9.44. The highest BCUT2D eigenvalue weighted by Crippen LogP contribution is 2.38. The predicted octanol–water partition coefficient (Wildman–Crippen LogP) is 6.73. The molecule has 1 aliphatic carbocycles. The molecule has 2 aromatic carbocycles. The number of benzene rings is 2. The van der Waals surface area contributed by atoms with Crippen molar-refractivity contribution < 1.29 is 23.9 Å². The van der Waals surface area contributed by atoms with Gasteiger partial charge < -0.3 is 29.9 Å². The Balaban J connectivity index is 1.16. The zero-order valence-corrected chi connectivity index (χ0v) is 27.4. The summed E-state index contributed by atoms with van der Waals surface area (Å²) in [6, 6.07) is 9.78. The van der Waals surface area contributed by atoms with Crippen molar-refractivity contribution in [3.8, 4) is 5.75 Å². The SMILES string of the molecule is COc1cc(NC(=O)C2CCC(N3Cc4c(Br)cc(NCC5CCCN5C(=O)OC(C)(C)C)cc4C3=O)CC2)ccc1C. The molecule has 1 saturated carbocycles. The topological polar surface area (TPSA) is 100 Å². The van der Waals surface area contributed by atoms with Crippen molar-refractivity contribution >= 4 is 45.2 Å². The number of aryl methyl sites for hydroxylation is 1. The van der Waals surface area contributed by atoms with Gasteiger partial charge in [0.1, 0.15) is 11.4 Å². The standard InChI is InChI=1S/C33H43BrN4O5/c1-20-8-11-22(17-29(20)42-5)36-30(39)21-9-12-24(13-10-21)38-19-27-26(31(38)40)15-23(16-28(27)34)35-18-25-7-6-14-37(25)32(41)43-33(2,3)4/h8,11,15-17,21,24-25,35H,6-7,9-10,12-14,18-19H2,1-5H3,(H,36,39). The number of likely N-dealkylation sites (tertiary alicyclic amines) is 1. The lowest BCUT2D eigenvalue weighted by Gasteiger charge is -2.34. The summed E-state index contributed by atoms with van der Waals surface area (Å²) in [5.74, 6) is 0.725. The molecule has 2 N–H and O–H groups in total. The molecule has 0 bridgehead atoms. The summed E-state index contributed by atoms with van der Waals surface area (Å²) in [4.78, 5) is 43.1. The van der Waals surface area contributed by atoms with Crippen molar-refractivity contribution in [2.24, 2.45) is 5.92 Å². The summed E-state index contributed by atoms with van der Waals surface area (Å²) >= 11 is 3.71. The number of anilines is 2. The van der Waals surface area contributed by atoms with Gasteiger partial charge in [-0.3, -0.25) is 9.59 Å². The number of amides is 3. The van der Waals surface area contributed by atoms with E-state index in [2.05, 4.69) is 26.6 Å². The van der Waals surface area contributed by atoms with Crippen LogP contribution in [0.1, 0.15) is 80.8 Å². The first kappa shape index (κ1) is 31.2. The number of ether oxygens (including phenoxy) is 2. The molecule has 1 saturated heterocycles. The minimum atomic E-state index is -0.531. The molecule has 1 atom stereocenters. The maximum Gasteiger partial charge on any atom is 0.410 e. The average molecular weight is 656 g/mol. The van der Waals surface area contributed by atoms with E-state index in [0.29, 0.717) is 25.2 Å². The van der Waals surface area contributed by atoms with E-state index in [1.165, 1.54) is 0 Å². The van der Waals surface area contributed by atoms with Gasteiger partial charge in [-0.05, 0) is 95.5 Å². The van der Waals surface area contributed by atoms with Crippen LogP contribution in [0.5, 0.6) is 5.75 Å². The molecule has 5 rings (SSSR count). The van der Waals surface area contributed by atoms with Crippen molar-refractivity contribution in [2.75, 3.05) is 30.8 Å². The molecule has 2 heterocycles. The zero-order valence-electron chi connectivity index (χ0n) is 25.8. The molecule has 43 heavy (non-hydrogen) atoms. The van der Waals surface area contributed by atoms with Gasteiger partial charge in [-0.1, -0.05) is 22.0 Å². The Morgan fingerprint density at radius 1 is 1.05 bits per heavy atom. The summed E-state index contributed by atoms with van der Waals surface area (Å²) in [6.07, 6.45) is 4.63. The molecule has 232 valence electrons. The third-order valence-corrected chi connectivity index (χ3v) is 9.45. The molecule has 1 unspecified atom stereocenters. The van der Waals surface area contributed by atoms with Gasteiger partial charge in [-0.2, -0.15) is 0 Å². The van der Waals surface area contributed by atoms with Gasteiger partial charge in [0.05, 0.1) is 13.2 Å². The lowest BCUT2D eigenvalue weighted by Crippen LogP contribution is -2.42. The van der Waals surface area contributed by atoms with Gasteiger partial charge in [-0.15, -0.1) is 0 Å². The summed E-state index contributed by atoms with van der Waals surface area (Å²) < 4.78 is 11.9. The molecule has 3 amide bonds. The highest BCUT2D eigenvalue weighted by atomic mass is 79.9. The lowest BCUT2D eigenvalue weighted by molar-refractivity contribution is -0.121. The summed E-state index contributed by atoms with van der Waals surface area (Å²) in [7, 11) is 1.63. The summed E-state index contributed by atoms with van der Waals surface area (Å²) in [5, 5.41) is 6.51. The van der Waals surface area contributed by atoms with Gasteiger partial charge in [0, 0.05) is 59.1 Å². The second-order valence-electron chi connectivity index (χ2n) is 12.9. The average Bonchev–Trinajstić information content (AvgIpc) is 3.57. The fourth-order valence-electron chi connectivity index (χ4n) is 6.42. The van der Waals surface area contributed by atoms with E-state index in [-0.39, 0.29) is 35.9 Å². The number of halogens is 1. The van der Waals surface area contributed by atoms with Crippen LogP contribution < -0.4 is 15.4 Å². The van der Waals surface area contributed by atoms with E-state index >= 15 is 0 Å². The lowest BCUT2D eigenvalue weighted by atomic mass is 9.84. The molecule has 9 nitrogen and oxygen atoms in total. The molecular formula is C33H43BrN4O5. The van der Waals surface area contributed by atoms with Crippen LogP contribution in [0.3, 0.4) is 0 Å². The van der Waals surface area contributed by atoms with Crippen LogP contribution in [-0.4, -0.2) is 65.6 Å². The Bertz CT molecular complexity index is 1380. The Hall–Kier alpha value is -3.27. The van der Waals surface area contributed by atoms with Gasteiger partial charge >= 0.3 is 6.09 Å². The third kappa shape index (κ3) is 7.11. The number of nitrogens with one attached hydrogen (secondary N) is 2. The van der Waals surface area contributed by atoms with E-state index in [4.69, 9.17) is 9.47 Å². The first-order chi connectivity index (χ1) is 20.4. The Morgan fingerprint density at radius 2 is 1.79 bits per heavy atom. The minimum Gasteiger partial charge on any atom is -0.496 e. The molecule has 10 heteroatoms. The van der Waals surface area contributed by atoms with Gasteiger partial charge in [-0.25, -0.2) is 4.79 Å². The number of nitrogens with zero attached hydrogens (tertiary/aromatic N) is 2. The van der Waals surface area contributed by atoms with Crippen LogP contribution in [0.4, 0.5) is 16.2 Å². The zero-order chi connectivity index (χ0) is 30.9. The number of fused-ring (bicyclic) bond motifs is 1. The molecule has 2 aliphatic heterocycles. The fraction of sp³-hybridized carbons (Fsp3) is 0.545. The van der Waals surface area contributed by atoms with Crippen LogP contribution in [0.25, 0.3) is 0 Å². The number of rotatable bonds is 7. The molecule has 3 aliphatic rings. The van der Waals surface area contributed by atoms with E-state index in [1.54, 1.807) is 7.11 Å². The first-order valence-corrected chi connectivity index (χ1v) is 16.0. The smallest absolute Gasteiger partial charge is 0.410 e. The Labute approximate surface area is 262 Å². The Morgan fingerprint density at radius 3 is 2.49 bits per heavy atom. The highest BCUT2D eigenvalue weighted by molar-refractivity contribution is 9.10. The molecular weight excluding hydrogens is 612 g/mol. The van der Waals surface area contributed by atoms with Crippen molar-refractivity contribution in [1.29, 1.82) is 0 Å². The van der Waals surface area contributed by atoms with Crippen LogP contribution in [0.15, 0.2) is 34.8 Å². The van der Waals surface area contributed by atoms with E-state index in [9.17, 15) is 14.4 Å². The molecule has 0 spiro atoms. The van der Waals surface area contributed by atoms with Gasteiger partial charge in [0.2, 0.25) is 5.91 Å². The van der Waals surface area contributed by atoms with E-state index in [0.717, 1.165) is 71.2 Å². The maximum atomic E-state index is 13.6. The quantitative estimate of drug-likeness (QED) is 0.343. The van der Waals surface area contributed by atoms with Crippen LogP contribution in [0, 0.1) is 12.8 Å². The van der Waals surface area contributed by atoms with Crippen molar-refractivity contribution in [2.45, 2.75) is 90.4 Å². The normalized spacial score (nSPS) is 21.9. The van der Waals surface area contributed by atoms with Crippen molar-refractivity contribution in [3.05, 3.63) is 51.5 Å². The largest absolute Gasteiger partial charge is 0.496 e. The minimum absolute atomic E-state index is 0.0198. The molecule has 2 aromatic rings. The third-order valence-electron chi connectivity index (χ3n) is 8.75. The number of methoxy groups -OCH3 is 1. The molecule has 0 radical (unpaired) electrons.